The Labute approximate surface area is 154 Å². The zero-order chi connectivity index (χ0) is 18.1. The lowest BCUT2D eigenvalue weighted by Gasteiger charge is -2.11. The van der Waals surface area contributed by atoms with Crippen LogP contribution in [0.4, 0.5) is 5.69 Å². The highest BCUT2D eigenvalue weighted by atomic mass is 32.2. The number of para-hydroxylation sites is 1. The summed E-state index contributed by atoms with van der Waals surface area (Å²) in [6.07, 6.45) is 0. The summed E-state index contributed by atoms with van der Waals surface area (Å²) in [6.45, 7) is 3.83. The first-order valence-electron chi connectivity index (χ1n) is 8.25. The maximum atomic E-state index is 12.4. The van der Waals surface area contributed by atoms with Gasteiger partial charge >= 0.3 is 0 Å². The Morgan fingerprint density at radius 2 is 1.88 bits per heavy atom. The van der Waals surface area contributed by atoms with Crippen molar-refractivity contribution in [1.82, 2.24) is 20.2 Å². The van der Waals surface area contributed by atoms with Crippen LogP contribution < -0.4 is 5.32 Å². The van der Waals surface area contributed by atoms with Gasteiger partial charge in [0.2, 0.25) is 11.1 Å². The average Bonchev–Trinajstić information content (AvgIpc) is 3.01. The van der Waals surface area contributed by atoms with E-state index in [1.807, 2.05) is 62.4 Å². The van der Waals surface area contributed by atoms with Crippen LogP contribution in [0.5, 0.6) is 0 Å². The minimum atomic E-state index is -0.347. The van der Waals surface area contributed by atoms with Crippen LogP contribution in [-0.4, -0.2) is 31.3 Å². The largest absolute Gasteiger partial charge is 0.338 e. The lowest BCUT2D eigenvalue weighted by atomic mass is 10.2. The minimum absolute atomic E-state index is 0.0980. The second kappa shape index (κ2) is 6.76. The Hall–Kier alpha value is -2.93. The molecule has 4 rings (SSSR count). The highest BCUT2D eigenvalue weighted by molar-refractivity contribution is 8.00. The molecule has 0 aliphatic carbocycles. The lowest BCUT2D eigenvalue weighted by molar-refractivity contribution is -0.115. The molecule has 4 aromatic rings. The number of amides is 1. The van der Waals surface area contributed by atoms with Gasteiger partial charge in [0.25, 0.3) is 0 Å². The van der Waals surface area contributed by atoms with Crippen LogP contribution in [0.25, 0.3) is 22.1 Å². The number of nitrogens with one attached hydrogen (secondary N) is 2. The standard InChI is InChI=1S/C19H17N5OS/c1-11-7-9-13(10-8-11)20-18(25)12(2)26-19-22-17-16(23-24-19)14-5-3-4-6-15(14)21-17/h3-10,12H,1-2H3,(H,20,25)(H,21,22,24)/t12-/m0/s1. The summed E-state index contributed by atoms with van der Waals surface area (Å²) < 4.78 is 0. The molecule has 1 atom stereocenters. The third kappa shape index (κ3) is 3.25. The summed E-state index contributed by atoms with van der Waals surface area (Å²) in [4.78, 5) is 20.1. The Morgan fingerprint density at radius 3 is 2.69 bits per heavy atom. The zero-order valence-corrected chi connectivity index (χ0v) is 15.2. The van der Waals surface area contributed by atoms with Crippen LogP contribution in [0.3, 0.4) is 0 Å². The SMILES string of the molecule is Cc1ccc(NC(=O)[C@H](C)Sc2nnc3c(n2)[nH]c2ccccc23)cc1. The minimum Gasteiger partial charge on any atom is -0.338 e. The molecule has 7 heteroatoms. The highest BCUT2D eigenvalue weighted by Gasteiger charge is 2.17. The van der Waals surface area contributed by atoms with Gasteiger partial charge in [0.1, 0.15) is 5.52 Å². The molecule has 0 spiro atoms. The normalized spacial score (nSPS) is 12.4. The van der Waals surface area contributed by atoms with Gasteiger partial charge in [-0.15, -0.1) is 10.2 Å². The monoisotopic (exact) mass is 363 g/mol. The van der Waals surface area contributed by atoms with Gasteiger partial charge in [0.15, 0.2) is 5.65 Å². The Balaban J connectivity index is 1.51. The smallest absolute Gasteiger partial charge is 0.237 e. The number of fused-ring (bicyclic) bond motifs is 3. The number of hydrogen-bond acceptors (Lipinski definition) is 5. The number of aromatic nitrogens is 4. The van der Waals surface area contributed by atoms with Crippen LogP contribution >= 0.6 is 11.8 Å². The third-order valence-electron chi connectivity index (χ3n) is 4.07. The maximum Gasteiger partial charge on any atom is 0.237 e. The van der Waals surface area contributed by atoms with Crippen molar-refractivity contribution in [2.45, 2.75) is 24.3 Å². The number of hydrogen-bond donors (Lipinski definition) is 2. The Kier molecular flexibility index (Phi) is 4.30. The lowest BCUT2D eigenvalue weighted by Crippen LogP contribution is -2.22. The van der Waals surface area contributed by atoms with E-state index in [2.05, 4.69) is 25.5 Å². The van der Waals surface area contributed by atoms with E-state index >= 15 is 0 Å². The summed E-state index contributed by atoms with van der Waals surface area (Å²) in [5.41, 5.74) is 4.31. The fourth-order valence-electron chi connectivity index (χ4n) is 2.65. The third-order valence-corrected chi connectivity index (χ3v) is 5.02. The number of aromatic amines is 1. The molecule has 130 valence electrons. The van der Waals surface area contributed by atoms with Crippen LogP contribution in [0, 0.1) is 6.92 Å². The molecule has 2 N–H and O–H groups in total. The van der Waals surface area contributed by atoms with E-state index in [4.69, 9.17) is 0 Å². The first-order chi connectivity index (χ1) is 12.6. The molecular formula is C19H17N5OS. The second-order valence-electron chi connectivity index (χ2n) is 6.08. The molecule has 0 unspecified atom stereocenters. The second-order valence-corrected chi connectivity index (χ2v) is 7.39. The van der Waals surface area contributed by atoms with Gasteiger partial charge in [0, 0.05) is 16.6 Å². The molecule has 0 aliphatic rings. The van der Waals surface area contributed by atoms with E-state index in [1.54, 1.807) is 0 Å². The van der Waals surface area contributed by atoms with Crippen LogP contribution in [0.15, 0.2) is 53.7 Å². The maximum absolute atomic E-state index is 12.4. The van der Waals surface area contributed by atoms with Gasteiger partial charge in [-0.1, -0.05) is 47.7 Å². The first-order valence-corrected chi connectivity index (χ1v) is 9.13. The number of rotatable bonds is 4. The number of anilines is 1. The molecule has 26 heavy (non-hydrogen) atoms. The number of nitrogens with zero attached hydrogens (tertiary/aromatic N) is 3. The molecule has 2 heterocycles. The number of aryl methyl sites for hydroxylation is 1. The van der Waals surface area contributed by atoms with E-state index in [1.165, 1.54) is 11.8 Å². The molecule has 1 amide bonds. The summed E-state index contributed by atoms with van der Waals surface area (Å²) in [6, 6.07) is 15.6. The number of carbonyl (C=O) groups excluding carboxylic acids is 1. The number of thioether (sulfide) groups is 1. The van der Waals surface area contributed by atoms with Crippen molar-refractivity contribution in [2.24, 2.45) is 0 Å². The Bertz CT molecular complexity index is 1090. The van der Waals surface area contributed by atoms with Crippen molar-refractivity contribution in [3.63, 3.8) is 0 Å². The average molecular weight is 363 g/mol. The molecule has 0 saturated carbocycles. The first kappa shape index (κ1) is 16.5. The molecule has 0 fully saturated rings. The summed E-state index contributed by atoms with van der Waals surface area (Å²) in [7, 11) is 0. The number of H-pyrrole nitrogens is 1. The van der Waals surface area contributed by atoms with E-state index in [-0.39, 0.29) is 11.2 Å². The molecule has 0 radical (unpaired) electrons. The van der Waals surface area contributed by atoms with Gasteiger partial charge in [-0.2, -0.15) is 0 Å². The molecule has 2 aromatic heterocycles. The Morgan fingerprint density at radius 1 is 1.12 bits per heavy atom. The van der Waals surface area contributed by atoms with Crippen molar-refractivity contribution in [1.29, 1.82) is 0 Å². The summed E-state index contributed by atoms with van der Waals surface area (Å²) in [5, 5.41) is 12.5. The van der Waals surface area contributed by atoms with Gasteiger partial charge in [-0.25, -0.2) is 4.98 Å². The van der Waals surface area contributed by atoms with Gasteiger partial charge in [-0.3, -0.25) is 4.79 Å². The van der Waals surface area contributed by atoms with Crippen LogP contribution in [-0.2, 0) is 4.79 Å². The van der Waals surface area contributed by atoms with Crippen LogP contribution in [0.2, 0.25) is 0 Å². The zero-order valence-electron chi connectivity index (χ0n) is 14.4. The predicted molar refractivity (Wildman–Crippen MR) is 104 cm³/mol. The molecule has 0 bridgehead atoms. The van der Waals surface area contributed by atoms with E-state index in [9.17, 15) is 4.79 Å². The van der Waals surface area contributed by atoms with Crippen molar-refractivity contribution >= 4 is 45.4 Å². The van der Waals surface area contributed by atoms with E-state index in [0.29, 0.717) is 10.8 Å². The number of carbonyl (C=O) groups is 1. The molecule has 0 aliphatic heterocycles. The molecule has 0 saturated heterocycles. The topological polar surface area (TPSA) is 83.6 Å². The number of benzene rings is 2. The van der Waals surface area contributed by atoms with Gasteiger partial charge < -0.3 is 10.3 Å². The van der Waals surface area contributed by atoms with Crippen molar-refractivity contribution < 1.29 is 4.79 Å². The quantitative estimate of drug-likeness (QED) is 0.537. The fraction of sp³-hybridized carbons (Fsp3) is 0.158. The molecule has 6 nitrogen and oxygen atoms in total. The van der Waals surface area contributed by atoms with Gasteiger partial charge in [0.05, 0.1) is 5.25 Å². The van der Waals surface area contributed by atoms with Gasteiger partial charge in [-0.05, 0) is 32.0 Å². The van der Waals surface area contributed by atoms with Crippen LogP contribution in [0.1, 0.15) is 12.5 Å². The van der Waals surface area contributed by atoms with Crippen molar-refractivity contribution in [3.05, 3.63) is 54.1 Å². The summed E-state index contributed by atoms with van der Waals surface area (Å²) in [5.74, 6) is -0.0980. The molecule has 2 aromatic carbocycles. The van der Waals surface area contributed by atoms with Crippen molar-refractivity contribution in [3.8, 4) is 0 Å². The molecular weight excluding hydrogens is 346 g/mol. The fourth-order valence-corrected chi connectivity index (χ4v) is 3.36. The highest BCUT2D eigenvalue weighted by Crippen LogP contribution is 2.25. The van der Waals surface area contributed by atoms with E-state index in [0.717, 1.165) is 27.7 Å². The summed E-state index contributed by atoms with van der Waals surface area (Å²) >= 11 is 1.28. The predicted octanol–water partition coefficient (Wildman–Crippen LogP) is 3.93. The van der Waals surface area contributed by atoms with Crippen molar-refractivity contribution in [2.75, 3.05) is 5.32 Å². The van der Waals surface area contributed by atoms with E-state index < -0.39 is 0 Å².